The standard InChI is InChI=1S/C23H23N3O6/c1-30-22(28)7-6-21-20-9-15-8-13(3-5-19(15)26(20)23(29)31-21)14-2-4-17(24-11-14)18-10-16(12-27)32-25-18/h2-5,8,11,16,20-21,27H,6-7,9-10,12H2,1H3/t16?,20-,21-/m0/s1. The van der Waals surface area contributed by atoms with Gasteiger partial charge >= 0.3 is 12.1 Å². The van der Waals surface area contributed by atoms with Crippen LogP contribution in [0.15, 0.2) is 41.7 Å². The van der Waals surface area contributed by atoms with Gasteiger partial charge in [0.1, 0.15) is 11.8 Å². The van der Waals surface area contributed by atoms with Crippen LogP contribution in [0.4, 0.5) is 10.5 Å². The van der Waals surface area contributed by atoms with Crippen LogP contribution in [-0.2, 0) is 25.5 Å². The molecule has 2 aromatic rings. The van der Waals surface area contributed by atoms with Gasteiger partial charge in [0, 0.05) is 24.6 Å². The summed E-state index contributed by atoms with van der Waals surface area (Å²) in [4.78, 5) is 35.3. The number of aliphatic hydroxyl groups is 1. The first-order valence-electron chi connectivity index (χ1n) is 10.6. The number of ether oxygens (including phenoxy) is 2. The van der Waals surface area contributed by atoms with Crippen molar-refractivity contribution in [2.75, 3.05) is 18.6 Å². The molecule has 1 N–H and O–H groups in total. The highest BCUT2D eigenvalue weighted by molar-refractivity contribution is 6.00. The van der Waals surface area contributed by atoms with E-state index in [-0.39, 0.29) is 43.3 Å². The zero-order chi connectivity index (χ0) is 22.2. The first kappa shape index (κ1) is 20.4. The van der Waals surface area contributed by atoms with Crippen molar-refractivity contribution in [2.24, 2.45) is 5.16 Å². The highest BCUT2D eigenvalue weighted by Crippen LogP contribution is 2.41. The largest absolute Gasteiger partial charge is 0.469 e. The summed E-state index contributed by atoms with van der Waals surface area (Å²) in [6.45, 7) is -0.0741. The van der Waals surface area contributed by atoms with Gasteiger partial charge in [0.05, 0.1) is 31.1 Å². The molecule has 1 fully saturated rings. The van der Waals surface area contributed by atoms with Crippen molar-refractivity contribution in [1.82, 2.24) is 4.98 Å². The molecule has 1 amide bonds. The second kappa shape index (κ2) is 8.23. The van der Waals surface area contributed by atoms with E-state index in [2.05, 4.69) is 16.2 Å². The second-order valence-corrected chi connectivity index (χ2v) is 8.11. The Kier molecular flexibility index (Phi) is 5.26. The van der Waals surface area contributed by atoms with Crippen LogP contribution in [0.2, 0.25) is 0 Å². The second-order valence-electron chi connectivity index (χ2n) is 8.11. The van der Waals surface area contributed by atoms with Crippen molar-refractivity contribution in [3.8, 4) is 11.1 Å². The van der Waals surface area contributed by atoms with Crippen molar-refractivity contribution in [2.45, 2.75) is 43.9 Å². The average Bonchev–Trinajstić information content (AvgIpc) is 3.52. The van der Waals surface area contributed by atoms with E-state index in [0.29, 0.717) is 19.3 Å². The van der Waals surface area contributed by atoms with Gasteiger partial charge in [-0.15, -0.1) is 0 Å². The van der Waals surface area contributed by atoms with Gasteiger partial charge in [-0.1, -0.05) is 17.3 Å². The van der Waals surface area contributed by atoms with E-state index < -0.39 is 0 Å². The Bertz CT molecular complexity index is 1080. The number of amides is 1. The minimum Gasteiger partial charge on any atom is -0.469 e. The van der Waals surface area contributed by atoms with E-state index in [9.17, 15) is 14.7 Å². The van der Waals surface area contributed by atoms with Gasteiger partial charge in [0.15, 0.2) is 6.10 Å². The van der Waals surface area contributed by atoms with Crippen LogP contribution in [0.3, 0.4) is 0 Å². The molecule has 9 nitrogen and oxygen atoms in total. The van der Waals surface area contributed by atoms with Crippen LogP contribution in [0.25, 0.3) is 11.1 Å². The quantitative estimate of drug-likeness (QED) is 0.691. The molecular formula is C23H23N3O6. The highest BCUT2D eigenvalue weighted by Gasteiger charge is 2.47. The number of aliphatic hydroxyl groups excluding tert-OH is 1. The Labute approximate surface area is 184 Å². The van der Waals surface area contributed by atoms with Crippen molar-refractivity contribution in [3.63, 3.8) is 0 Å². The summed E-state index contributed by atoms with van der Waals surface area (Å²) in [5.41, 5.74) is 5.31. The molecule has 32 heavy (non-hydrogen) atoms. The first-order valence-corrected chi connectivity index (χ1v) is 10.6. The number of esters is 1. The molecule has 1 saturated heterocycles. The Morgan fingerprint density at radius 2 is 2.09 bits per heavy atom. The monoisotopic (exact) mass is 437 g/mol. The molecule has 0 spiro atoms. The van der Waals surface area contributed by atoms with Crippen molar-refractivity contribution in [3.05, 3.63) is 47.8 Å². The molecule has 5 rings (SSSR count). The zero-order valence-corrected chi connectivity index (χ0v) is 17.6. The van der Waals surface area contributed by atoms with E-state index in [1.54, 1.807) is 11.1 Å². The molecule has 0 saturated carbocycles. The minimum atomic E-state index is -0.372. The fourth-order valence-corrected chi connectivity index (χ4v) is 4.48. The molecule has 1 aromatic heterocycles. The number of hydrogen-bond donors (Lipinski definition) is 1. The molecule has 1 aromatic carbocycles. The summed E-state index contributed by atoms with van der Waals surface area (Å²) in [6.07, 6.45) is 2.63. The van der Waals surface area contributed by atoms with Gasteiger partial charge in [-0.05, 0) is 42.2 Å². The normalized spacial score (nSPS) is 23.3. The van der Waals surface area contributed by atoms with Crippen LogP contribution in [0.5, 0.6) is 0 Å². The maximum atomic E-state index is 12.4. The minimum absolute atomic E-state index is 0.0741. The molecule has 0 bridgehead atoms. The molecule has 3 aliphatic rings. The number of carbonyl (C=O) groups excluding carboxylic acids is 2. The molecule has 0 aliphatic carbocycles. The van der Waals surface area contributed by atoms with Crippen LogP contribution >= 0.6 is 0 Å². The molecule has 3 atom stereocenters. The lowest BCUT2D eigenvalue weighted by Crippen LogP contribution is -2.33. The predicted octanol–water partition coefficient (Wildman–Crippen LogP) is 2.44. The Morgan fingerprint density at radius 1 is 1.25 bits per heavy atom. The number of rotatable bonds is 6. The maximum Gasteiger partial charge on any atom is 0.415 e. The summed E-state index contributed by atoms with van der Waals surface area (Å²) >= 11 is 0. The number of nitrogens with zero attached hydrogens (tertiary/aromatic N) is 3. The zero-order valence-electron chi connectivity index (χ0n) is 17.6. The molecule has 3 aliphatic heterocycles. The summed E-state index contributed by atoms with van der Waals surface area (Å²) in [5.74, 6) is -0.310. The van der Waals surface area contributed by atoms with Gasteiger partial charge in [-0.3, -0.25) is 14.7 Å². The van der Waals surface area contributed by atoms with E-state index in [4.69, 9.17) is 14.3 Å². The SMILES string of the molecule is COC(=O)CC[C@@H]1OC(=O)N2c3ccc(-c4ccc(C5=NOC(CO)C5)nc4)cc3C[C@@H]12. The summed E-state index contributed by atoms with van der Waals surface area (Å²) in [7, 11) is 1.35. The number of benzene rings is 1. The number of carbonyl (C=O) groups is 2. The summed E-state index contributed by atoms with van der Waals surface area (Å²) < 4.78 is 10.2. The molecular weight excluding hydrogens is 414 g/mol. The lowest BCUT2D eigenvalue weighted by atomic mass is 9.99. The molecule has 0 radical (unpaired) electrons. The van der Waals surface area contributed by atoms with E-state index in [0.717, 1.165) is 33.8 Å². The van der Waals surface area contributed by atoms with Gasteiger partial charge in [0.25, 0.3) is 0 Å². The third kappa shape index (κ3) is 3.58. The number of pyridine rings is 1. The number of hydrogen-bond acceptors (Lipinski definition) is 8. The lowest BCUT2D eigenvalue weighted by Gasteiger charge is -2.16. The van der Waals surface area contributed by atoms with Gasteiger partial charge in [-0.2, -0.15) is 0 Å². The summed E-state index contributed by atoms with van der Waals surface area (Å²) in [6, 6.07) is 9.73. The van der Waals surface area contributed by atoms with Crippen LogP contribution in [0, 0.1) is 0 Å². The number of oxime groups is 1. The van der Waals surface area contributed by atoms with Crippen LogP contribution in [0.1, 0.15) is 30.5 Å². The number of cyclic esters (lactones) is 1. The fourth-order valence-electron chi connectivity index (χ4n) is 4.48. The van der Waals surface area contributed by atoms with Crippen LogP contribution in [-0.4, -0.2) is 59.8 Å². The van der Waals surface area contributed by atoms with Crippen molar-refractivity contribution < 1.29 is 29.0 Å². The highest BCUT2D eigenvalue weighted by atomic mass is 16.6. The lowest BCUT2D eigenvalue weighted by molar-refractivity contribution is -0.141. The average molecular weight is 437 g/mol. The fraction of sp³-hybridized carbons (Fsp3) is 0.391. The third-order valence-corrected chi connectivity index (χ3v) is 6.17. The Balaban J connectivity index is 1.32. The van der Waals surface area contributed by atoms with Crippen molar-refractivity contribution >= 4 is 23.5 Å². The third-order valence-electron chi connectivity index (χ3n) is 6.17. The van der Waals surface area contributed by atoms with Crippen molar-refractivity contribution in [1.29, 1.82) is 0 Å². The van der Waals surface area contributed by atoms with Gasteiger partial charge in [-0.25, -0.2) is 4.79 Å². The number of methoxy groups -OCH3 is 1. The van der Waals surface area contributed by atoms with Gasteiger partial charge in [0.2, 0.25) is 0 Å². The Morgan fingerprint density at radius 3 is 2.81 bits per heavy atom. The van der Waals surface area contributed by atoms with E-state index in [1.165, 1.54) is 7.11 Å². The molecule has 4 heterocycles. The topological polar surface area (TPSA) is 111 Å². The number of anilines is 1. The smallest absolute Gasteiger partial charge is 0.415 e. The molecule has 1 unspecified atom stereocenters. The molecule has 9 heteroatoms. The van der Waals surface area contributed by atoms with Gasteiger partial charge < -0.3 is 19.4 Å². The number of aromatic nitrogens is 1. The maximum absolute atomic E-state index is 12.4. The van der Waals surface area contributed by atoms with E-state index >= 15 is 0 Å². The van der Waals surface area contributed by atoms with E-state index in [1.807, 2.05) is 24.3 Å². The predicted molar refractivity (Wildman–Crippen MR) is 114 cm³/mol. The first-order chi connectivity index (χ1) is 15.6. The molecule has 166 valence electrons. The van der Waals surface area contributed by atoms with Crippen LogP contribution < -0.4 is 4.90 Å². The number of fused-ring (bicyclic) bond motifs is 3. The Hall–Kier alpha value is -3.46. The summed E-state index contributed by atoms with van der Waals surface area (Å²) in [5, 5.41) is 13.2.